The number of halogens is 3. The van der Waals surface area contributed by atoms with Crippen molar-refractivity contribution in [1.29, 1.82) is 0 Å². The van der Waals surface area contributed by atoms with Gasteiger partial charge in [0.2, 0.25) is 6.41 Å². The van der Waals surface area contributed by atoms with Crippen LogP contribution in [0.25, 0.3) is 11.3 Å². The Hall–Kier alpha value is -3.99. The molecule has 2 aromatic rings. The molecule has 0 atom stereocenters. The van der Waals surface area contributed by atoms with Crippen molar-refractivity contribution in [2.45, 2.75) is 26.4 Å². The normalized spacial score (nSPS) is 12.5. The maximum Gasteiger partial charge on any atom is 0.405 e. The number of carbonyl (C=O) groups excluding carboxylic acids is 2. The van der Waals surface area contributed by atoms with Gasteiger partial charge >= 0.3 is 6.18 Å². The Morgan fingerprint density at radius 2 is 1.74 bits per heavy atom. The van der Waals surface area contributed by atoms with Crippen LogP contribution in [0.3, 0.4) is 0 Å². The minimum Gasteiger partial charge on any atom is -0.397 e. The maximum absolute atomic E-state index is 12.5. The molecule has 0 aliphatic rings. The van der Waals surface area contributed by atoms with Crippen molar-refractivity contribution in [3.63, 3.8) is 0 Å². The summed E-state index contributed by atoms with van der Waals surface area (Å²) in [4.78, 5) is 23.4. The monoisotopic (exact) mass is 490 g/mol. The number of nitrogens with one attached hydrogen (secondary N) is 3. The quantitative estimate of drug-likeness (QED) is 0.196. The molecule has 0 radical (unpaired) electrons. The van der Waals surface area contributed by atoms with Gasteiger partial charge in [0.25, 0.3) is 5.91 Å². The summed E-state index contributed by atoms with van der Waals surface area (Å²) in [6, 6.07) is 11.6. The van der Waals surface area contributed by atoms with Crippen LogP contribution in [0.1, 0.15) is 41.8 Å². The molecule has 2 rings (SSSR count). The standard InChI is InChI=1S/C24H29F3N6O2/c1-4-21(32-18-8-5-16(6-9-18)20(28)12-33(3)29)15(2)19-11-17(7-10-22(19)31-14-34)23(35)30-13-24(25,26)27/h5-12,14,32H,4,13,28-29H2,1-3H3,(H,30,35)(H,31,34)/b20-12-,21-15+. The van der Waals surface area contributed by atoms with Gasteiger partial charge in [-0.15, -0.1) is 0 Å². The van der Waals surface area contributed by atoms with Gasteiger partial charge in [-0.1, -0.05) is 19.1 Å². The van der Waals surface area contributed by atoms with Gasteiger partial charge in [0.1, 0.15) is 6.54 Å². The van der Waals surface area contributed by atoms with Crippen LogP contribution < -0.4 is 27.5 Å². The van der Waals surface area contributed by atoms with Crippen LogP contribution in [-0.4, -0.2) is 37.1 Å². The van der Waals surface area contributed by atoms with Gasteiger partial charge in [0, 0.05) is 41.4 Å². The van der Waals surface area contributed by atoms with E-state index in [1.54, 1.807) is 20.2 Å². The Kier molecular flexibility index (Phi) is 9.29. The molecule has 2 aromatic carbocycles. The van der Waals surface area contributed by atoms with E-state index in [0.29, 0.717) is 35.4 Å². The third-order valence-electron chi connectivity index (χ3n) is 5.01. The Labute approximate surface area is 201 Å². The second-order valence-electron chi connectivity index (χ2n) is 7.73. The zero-order valence-electron chi connectivity index (χ0n) is 19.7. The number of nitrogens with zero attached hydrogens (tertiary/aromatic N) is 1. The van der Waals surface area contributed by atoms with Crippen LogP contribution in [0.2, 0.25) is 0 Å². The molecule has 0 aromatic heterocycles. The lowest BCUT2D eigenvalue weighted by Crippen LogP contribution is -2.33. The fourth-order valence-electron chi connectivity index (χ4n) is 3.29. The summed E-state index contributed by atoms with van der Waals surface area (Å²) in [6.07, 6.45) is -1.88. The van der Waals surface area contributed by atoms with E-state index in [4.69, 9.17) is 11.6 Å². The van der Waals surface area contributed by atoms with Gasteiger partial charge in [0.05, 0.1) is 5.70 Å². The lowest BCUT2D eigenvalue weighted by atomic mass is 9.98. The lowest BCUT2D eigenvalue weighted by Gasteiger charge is -2.18. The van der Waals surface area contributed by atoms with Crippen molar-refractivity contribution < 1.29 is 22.8 Å². The molecule has 0 aliphatic carbocycles. The van der Waals surface area contributed by atoms with Crippen molar-refractivity contribution in [2.75, 3.05) is 24.2 Å². The zero-order valence-corrected chi connectivity index (χ0v) is 19.7. The smallest absolute Gasteiger partial charge is 0.397 e. The molecule has 0 spiro atoms. The number of alkyl halides is 3. The predicted octanol–water partition coefficient (Wildman–Crippen LogP) is 3.86. The summed E-state index contributed by atoms with van der Waals surface area (Å²) in [5, 5.41) is 9.09. The number of hydrogen-bond donors (Lipinski definition) is 5. The molecule has 188 valence electrons. The van der Waals surface area contributed by atoms with Gasteiger partial charge in [0.15, 0.2) is 0 Å². The Morgan fingerprint density at radius 1 is 1.11 bits per heavy atom. The van der Waals surface area contributed by atoms with Crippen LogP contribution in [0.15, 0.2) is 54.4 Å². The summed E-state index contributed by atoms with van der Waals surface area (Å²) in [7, 11) is 1.66. The van der Waals surface area contributed by atoms with Crippen LogP contribution >= 0.6 is 0 Å². The molecule has 2 amide bonds. The average Bonchev–Trinajstić information content (AvgIpc) is 2.80. The molecule has 0 heterocycles. The predicted molar refractivity (Wildman–Crippen MR) is 132 cm³/mol. The van der Waals surface area contributed by atoms with E-state index in [-0.39, 0.29) is 5.56 Å². The van der Waals surface area contributed by atoms with E-state index in [1.165, 1.54) is 23.2 Å². The van der Waals surface area contributed by atoms with Crippen molar-refractivity contribution in [3.8, 4) is 0 Å². The first-order valence-electron chi connectivity index (χ1n) is 10.7. The number of anilines is 2. The number of hydrazine groups is 1. The molecule has 0 bridgehead atoms. The number of benzene rings is 2. The van der Waals surface area contributed by atoms with Crippen molar-refractivity contribution in [3.05, 3.63) is 71.1 Å². The second kappa shape index (κ2) is 11.9. The van der Waals surface area contributed by atoms with Crippen LogP contribution in [0, 0.1) is 0 Å². The minimum absolute atomic E-state index is 0.0342. The van der Waals surface area contributed by atoms with E-state index in [9.17, 15) is 22.8 Å². The molecular formula is C24H29F3N6O2. The third kappa shape index (κ3) is 8.07. The third-order valence-corrected chi connectivity index (χ3v) is 5.01. The highest BCUT2D eigenvalue weighted by Gasteiger charge is 2.28. The molecular weight excluding hydrogens is 461 g/mol. The summed E-state index contributed by atoms with van der Waals surface area (Å²) < 4.78 is 37.5. The number of hydrogen-bond acceptors (Lipinski definition) is 6. The largest absolute Gasteiger partial charge is 0.405 e. The molecule has 0 unspecified atom stereocenters. The fraction of sp³-hybridized carbons (Fsp3) is 0.250. The summed E-state index contributed by atoms with van der Waals surface area (Å²) in [5.41, 5.74) is 10.5. The van der Waals surface area contributed by atoms with E-state index < -0.39 is 18.6 Å². The van der Waals surface area contributed by atoms with Gasteiger partial charge in [-0.05, 0) is 54.8 Å². The van der Waals surface area contributed by atoms with E-state index in [0.717, 1.165) is 16.9 Å². The van der Waals surface area contributed by atoms with Crippen molar-refractivity contribution in [2.24, 2.45) is 11.6 Å². The topological polar surface area (TPSA) is 126 Å². The molecule has 7 N–H and O–H groups in total. The molecule has 35 heavy (non-hydrogen) atoms. The molecule has 11 heteroatoms. The first kappa shape index (κ1) is 27.3. The highest BCUT2D eigenvalue weighted by Crippen LogP contribution is 2.29. The number of amides is 2. The fourth-order valence-corrected chi connectivity index (χ4v) is 3.29. The zero-order chi connectivity index (χ0) is 26.2. The number of rotatable bonds is 10. The summed E-state index contributed by atoms with van der Waals surface area (Å²) >= 11 is 0. The van der Waals surface area contributed by atoms with E-state index >= 15 is 0 Å². The van der Waals surface area contributed by atoms with Crippen LogP contribution in [0.5, 0.6) is 0 Å². The van der Waals surface area contributed by atoms with E-state index in [2.05, 4.69) is 10.6 Å². The summed E-state index contributed by atoms with van der Waals surface area (Å²) in [6.45, 7) is 2.27. The Bertz CT molecular complexity index is 1110. The highest BCUT2D eigenvalue weighted by atomic mass is 19.4. The SMILES string of the molecule is CC/C(Nc1ccc(/C(N)=C/N(C)N)cc1)=C(/C)c1cc(C(=O)NCC(F)(F)F)ccc1NC=O. The van der Waals surface area contributed by atoms with Gasteiger partial charge in [-0.2, -0.15) is 13.2 Å². The Morgan fingerprint density at radius 3 is 2.29 bits per heavy atom. The molecule has 0 aliphatic heterocycles. The number of carbonyl (C=O) groups is 2. The van der Waals surface area contributed by atoms with Crippen LogP contribution in [0.4, 0.5) is 24.5 Å². The maximum atomic E-state index is 12.5. The van der Waals surface area contributed by atoms with Gasteiger partial charge < -0.3 is 26.7 Å². The minimum atomic E-state index is -4.52. The second-order valence-corrected chi connectivity index (χ2v) is 7.73. The van der Waals surface area contributed by atoms with Gasteiger partial charge in [-0.25, -0.2) is 5.84 Å². The summed E-state index contributed by atoms with van der Waals surface area (Å²) in [5.74, 6) is 4.72. The van der Waals surface area contributed by atoms with Crippen LogP contribution in [-0.2, 0) is 4.79 Å². The van der Waals surface area contributed by atoms with Gasteiger partial charge in [-0.3, -0.25) is 9.59 Å². The molecule has 0 fully saturated rings. The number of allylic oxidation sites excluding steroid dienone is 2. The van der Waals surface area contributed by atoms with E-state index in [1.807, 2.05) is 36.5 Å². The van der Waals surface area contributed by atoms with Crippen molar-refractivity contribution in [1.82, 2.24) is 10.3 Å². The Balaban J connectivity index is 2.38. The first-order chi connectivity index (χ1) is 16.4. The molecule has 0 saturated heterocycles. The van der Waals surface area contributed by atoms with Crippen molar-refractivity contribution >= 4 is 35.0 Å². The molecule has 0 saturated carbocycles. The molecule has 8 nitrogen and oxygen atoms in total. The number of nitrogens with two attached hydrogens (primary N) is 2. The average molecular weight is 491 g/mol. The highest BCUT2D eigenvalue weighted by molar-refractivity contribution is 5.97. The lowest BCUT2D eigenvalue weighted by molar-refractivity contribution is -0.123. The first-order valence-corrected chi connectivity index (χ1v) is 10.7.